The van der Waals surface area contributed by atoms with Gasteiger partial charge in [-0.25, -0.2) is 0 Å². The number of benzene rings is 1. The first kappa shape index (κ1) is 13.5. The summed E-state index contributed by atoms with van der Waals surface area (Å²) < 4.78 is 11.4. The molecule has 1 aromatic rings. The van der Waals surface area contributed by atoms with E-state index in [0.717, 1.165) is 26.2 Å². The van der Waals surface area contributed by atoms with E-state index in [1.165, 1.54) is 0 Å². The number of halogens is 1. The maximum Gasteiger partial charge on any atom is 0.142 e. The van der Waals surface area contributed by atoms with Gasteiger partial charge in [0.25, 0.3) is 0 Å². The third-order valence-electron chi connectivity index (χ3n) is 3.07. The summed E-state index contributed by atoms with van der Waals surface area (Å²) in [5, 5.41) is 0.617. The SMILES string of the molecule is CCN1CCOC(COc2ccc(Cl)cc2N)C1. The molecule has 1 unspecified atom stereocenters. The Balaban J connectivity index is 1.87. The first-order valence-electron chi connectivity index (χ1n) is 6.21. The quantitative estimate of drug-likeness (QED) is 0.851. The molecule has 5 heteroatoms. The van der Waals surface area contributed by atoms with Crippen molar-refractivity contribution in [2.75, 3.05) is 38.6 Å². The van der Waals surface area contributed by atoms with Crippen molar-refractivity contribution < 1.29 is 9.47 Å². The van der Waals surface area contributed by atoms with Gasteiger partial charge < -0.3 is 15.2 Å². The summed E-state index contributed by atoms with van der Waals surface area (Å²) in [6.07, 6.45) is 0.105. The highest BCUT2D eigenvalue weighted by atomic mass is 35.5. The summed E-state index contributed by atoms with van der Waals surface area (Å²) in [5.41, 5.74) is 6.39. The van der Waals surface area contributed by atoms with E-state index < -0.39 is 0 Å². The predicted octanol–water partition coefficient (Wildman–Crippen LogP) is 2.02. The first-order valence-corrected chi connectivity index (χ1v) is 6.58. The van der Waals surface area contributed by atoms with Crippen LogP contribution in [0.4, 0.5) is 5.69 Å². The Hall–Kier alpha value is -0.970. The lowest BCUT2D eigenvalue weighted by molar-refractivity contribution is -0.0462. The zero-order chi connectivity index (χ0) is 13.0. The summed E-state index contributed by atoms with van der Waals surface area (Å²) in [7, 11) is 0. The molecule has 1 aliphatic heterocycles. The van der Waals surface area contributed by atoms with Crippen molar-refractivity contribution in [3.05, 3.63) is 23.2 Å². The van der Waals surface area contributed by atoms with Gasteiger partial charge in [-0.15, -0.1) is 0 Å². The average molecular weight is 271 g/mol. The molecule has 18 heavy (non-hydrogen) atoms. The minimum absolute atomic E-state index is 0.105. The number of hydrogen-bond acceptors (Lipinski definition) is 4. The van der Waals surface area contributed by atoms with Gasteiger partial charge in [0, 0.05) is 18.1 Å². The molecule has 1 aromatic carbocycles. The Morgan fingerprint density at radius 3 is 3.11 bits per heavy atom. The van der Waals surface area contributed by atoms with Crippen molar-refractivity contribution in [3.63, 3.8) is 0 Å². The highest BCUT2D eigenvalue weighted by Crippen LogP contribution is 2.25. The molecule has 1 fully saturated rings. The maximum atomic E-state index is 5.84. The van der Waals surface area contributed by atoms with E-state index >= 15 is 0 Å². The standard InChI is InChI=1S/C13H19ClN2O2/c1-2-16-5-6-17-11(8-16)9-18-13-4-3-10(14)7-12(13)15/h3-4,7,11H,2,5-6,8-9,15H2,1H3. The van der Waals surface area contributed by atoms with Gasteiger partial charge in [0.2, 0.25) is 0 Å². The second kappa shape index (κ2) is 6.27. The molecule has 100 valence electrons. The van der Waals surface area contributed by atoms with Crippen molar-refractivity contribution in [1.29, 1.82) is 0 Å². The van der Waals surface area contributed by atoms with E-state index in [1.807, 2.05) is 0 Å². The van der Waals surface area contributed by atoms with Crippen LogP contribution >= 0.6 is 11.6 Å². The number of nitrogens with zero attached hydrogens (tertiary/aromatic N) is 1. The molecular weight excluding hydrogens is 252 g/mol. The third kappa shape index (κ3) is 3.51. The van der Waals surface area contributed by atoms with E-state index in [0.29, 0.717) is 23.1 Å². The molecule has 0 bridgehead atoms. The lowest BCUT2D eigenvalue weighted by Crippen LogP contribution is -2.44. The number of hydrogen-bond donors (Lipinski definition) is 1. The third-order valence-corrected chi connectivity index (χ3v) is 3.30. The van der Waals surface area contributed by atoms with Gasteiger partial charge in [0.05, 0.1) is 12.3 Å². The van der Waals surface area contributed by atoms with Gasteiger partial charge in [-0.05, 0) is 24.7 Å². The van der Waals surface area contributed by atoms with Gasteiger partial charge in [0.15, 0.2) is 0 Å². The normalized spacial score (nSPS) is 20.9. The van der Waals surface area contributed by atoms with Crippen LogP contribution in [0.3, 0.4) is 0 Å². The van der Waals surface area contributed by atoms with E-state index in [-0.39, 0.29) is 6.10 Å². The Bertz CT molecular complexity index is 401. The van der Waals surface area contributed by atoms with Crippen LogP contribution in [0.5, 0.6) is 5.75 Å². The predicted molar refractivity (Wildman–Crippen MR) is 73.2 cm³/mol. The van der Waals surface area contributed by atoms with Gasteiger partial charge in [-0.1, -0.05) is 18.5 Å². The van der Waals surface area contributed by atoms with Crippen LogP contribution in [0.2, 0.25) is 5.02 Å². The van der Waals surface area contributed by atoms with Crippen molar-refractivity contribution in [2.45, 2.75) is 13.0 Å². The summed E-state index contributed by atoms with van der Waals surface area (Å²) in [6, 6.07) is 5.25. The zero-order valence-corrected chi connectivity index (χ0v) is 11.3. The first-order chi connectivity index (χ1) is 8.69. The average Bonchev–Trinajstić information content (AvgIpc) is 2.38. The Morgan fingerprint density at radius 1 is 1.56 bits per heavy atom. The second-order valence-electron chi connectivity index (χ2n) is 4.38. The molecule has 1 atom stereocenters. The molecule has 2 rings (SSSR count). The Morgan fingerprint density at radius 2 is 2.39 bits per heavy atom. The second-order valence-corrected chi connectivity index (χ2v) is 4.82. The molecule has 2 N–H and O–H groups in total. The monoisotopic (exact) mass is 270 g/mol. The number of likely N-dealkylation sites (N-methyl/N-ethyl adjacent to an activating group) is 1. The van der Waals surface area contributed by atoms with Crippen molar-refractivity contribution >= 4 is 17.3 Å². The molecular formula is C13H19ClN2O2. The molecule has 0 radical (unpaired) electrons. The Kier molecular flexibility index (Phi) is 4.69. The van der Waals surface area contributed by atoms with Crippen LogP contribution in [0.15, 0.2) is 18.2 Å². The molecule has 0 aliphatic carbocycles. The van der Waals surface area contributed by atoms with E-state index in [2.05, 4.69) is 11.8 Å². The number of anilines is 1. The van der Waals surface area contributed by atoms with Gasteiger partial charge in [0.1, 0.15) is 18.5 Å². The molecule has 1 saturated heterocycles. The van der Waals surface area contributed by atoms with Crippen molar-refractivity contribution in [3.8, 4) is 5.75 Å². The van der Waals surface area contributed by atoms with E-state index in [1.54, 1.807) is 18.2 Å². The minimum Gasteiger partial charge on any atom is -0.489 e. The largest absolute Gasteiger partial charge is 0.489 e. The maximum absolute atomic E-state index is 5.84. The number of nitrogen functional groups attached to an aromatic ring is 1. The Labute approximate surface area is 113 Å². The minimum atomic E-state index is 0.105. The van der Waals surface area contributed by atoms with Crippen LogP contribution in [0, 0.1) is 0 Å². The van der Waals surface area contributed by atoms with Gasteiger partial charge in [-0.3, -0.25) is 4.90 Å². The van der Waals surface area contributed by atoms with Crippen LogP contribution < -0.4 is 10.5 Å². The summed E-state index contributed by atoms with van der Waals surface area (Å²) in [6.45, 7) is 6.38. The van der Waals surface area contributed by atoms with Gasteiger partial charge in [-0.2, -0.15) is 0 Å². The topological polar surface area (TPSA) is 47.7 Å². The molecule has 1 heterocycles. The number of nitrogens with two attached hydrogens (primary N) is 1. The van der Waals surface area contributed by atoms with E-state index in [4.69, 9.17) is 26.8 Å². The highest BCUT2D eigenvalue weighted by Gasteiger charge is 2.20. The molecule has 4 nitrogen and oxygen atoms in total. The number of morpholine rings is 1. The van der Waals surface area contributed by atoms with Crippen molar-refractivity contribution in [2.24, 2.45) is 0 Å². The zero-order valence-electron chi connectivity index (χ0n) is 10.6. The fourth-order valence-electron chi connectivity index (χ4n) is 2.00. The molecule has 1 aliphatic rings. The summed E-state index contributed by atoms with van der Waals surface area (Å²) in [5.74, 6) is 0.664. The fourth-order valence-corrected chi connectivity index (χ4v) is 2.18. The van der Waals surface area contributed by atoms with Crippen LogP contribution in [0.25, 0.3) is 0 Å². The van der Waals surface area contributed by atoms with E-state index in [9.17, 15) is 0 Å². The molecule has 0 saturated carbocycles. The number of rotatable bonds is 4. The van der Waals surface area contributed by atoms with Crippen LogP contribution in [0.1, 0.15) is 6.92 Å². The van der Waals surface area contributed by atoms with Crippen LogP contribution in [-0.2, 0) is 4.74 Å². The smallest absolute Gasteiger partial charge is 0.142 e. The highest BCUT2D eigenvalue weighted by molar-refractivity contribution is 6.30. The van der Waals surface area contributed by atoms with Crippen molar-refractivity contribution in [1.82, 2.24) is 4.90 Å². The lowest BCUT2D eigenvalue weighted by Gasteiger charge is -2.31. The number of ether oxygens (including phenoxy) is 2. The lowest BCUT2D eigenvalue weighted by atomic mass is 10.2. The van der Waals surface area contributed by atoms with Gasteiger partial charge >= 0.3 is 0 Å². The summed E-state index contributed by atoms with van der Waals surface area (Å²) in [4.78, 5) is 2.35. The molecule has 0 spiro atoms. The molecule has 0 aromatic heterocycles. The fraction of sp³-hybridized carbons (Fsp3) is 0.538. The van der Waals surface area contributed by atoms with Crippen LogP contribution in [-0.4, -0.2) is 43.9 Å². The summed E-state index contributed by atoms with van der Waals surface area (Å²) >= 11 is 5.84. The molecule has 0 amide bonds.